The SMILES string of the molecule is CCCCC/C=C\C/C=C\CCCCCCCCOC(=O)CCCCCCCCCCCCCCCCCCCCCCCCCCCCCCCCCCCCCC. The van der Waals surface area contributed by atoms with E-state index >= 15 is 0 Å². The maximum absolute atomic E-state index is 12.1. The molecule has 2 heteroatoms. The summed E-state index contributed by atoms with van der Waals surface area (Å²) in [6.45, 7) is 5.19. The van der Waals surface area contributed by atoms with Crippen LogP contribution in [0.1, 0.15) is 328 Å². The van der Waals surface area contributed by atoms with Crippen LogP contribution >= 0.6 is 0 Å². The highest BCUT2D eigenvalue weighted by molar-refractivity contribution is 5.69. The molecule has 0 radical (unpaired) electrons. The zero-order valence-corrected chi connectivity index (χ0v) is 41.0. The maximum atomic E-state index is 12.1. The molecule has 0 rings (SSSR count). The molecule has 0 bridgehead atoms. The van der Waals surface area contributed by atoms with Crippen LogP contribution in [0.25, 0.3) is 0 Å². The second kappa shape index (κ2) is 55.0. The van der Waals surface area contributed by atoms with Gasteiger partial charge in [0.25, 0.3) is 0 Å². The predicted molar refractivity (Wildman–Crippen MR) is 267 cm³/mol. The molecule has 0 aliphatic carbocycles. The van der Waals surface area contributed by atoms with Gasteiger partial charge < -0.3 is 4.74 Å². The molecule has 0 aliphatic heterocycles. The molecule has 350 valence electrons. The number of unbranched alkanes of at least 4 members (excludes halogenated alkanes) is 44. The zero-order valence-electron chi connectivity index (χ0n) is 41.0. The van der Waals surface area contributed by atoms with Crippen molar-refractivity contribution in [2.24, 2.45) is 0 Å². The molecule has 59 heavy (non-hydrogen) atoms. The third-order valence-electron chi connectivity index (χ3n) is 12.8. The first kappa shape index (κ1) is 58.0. The molecular weight excluding hydrogens is 717 g/mol. The van der Waals surface area contributed by atoms with Gasteiger partial charge in [-0.2, -0.15) is 0 Å². The van der Waals surface area contributed by atoms with Crippen molar-refractivity contribution in [2.45, 2.75) is 328 Å². The highest BCUT2D eigenvalue weighted by Gasteiger charge is 2.03. The average Bonchev–Trinajstić information content (AvgIpc) is 3.24. The van der Waals surface area contributed by atoms with Gasteiger partial charge in [0.05, 0.1) is 6.61 Å². The number of carbonyl (C=O) groups is 1. The van der Waals surface area contributed by atoms with E-state index in [4.69, 9.17) is 4.74 Å². The van der Waals surface area contributed by atoms with Crippen LogP contribution in [0.4, 0.5) is 0 Å². The second-order valence-corrected chi connectivity index (χ2v) is 18.9. The third-order valence-corrected chi connectivity index (χ3v) is 12.8. The van der Waals surface area contributed by atoms with Gasteiger partial charge in [0.15, 0.2) is 0 Å². The zero-order chi connectivity index (χ0) is 42.5. The van der Waals surface area contributed by atoms with Crippen molar-refractivity contribution in [3.05, 3.63) is 24.3 Å². The monoisotopic (exact) mass is 827 g/mol. The summed E-state index contributed by atoms with van der Waals surface area (Å²) in [6, 6.07) is 0. The van der Waals surface area contributed by atoms with Crippen molar-refractivity contribution in [2.75, 3.05) is 6.61 Å². The molecule has 0 saturated carbocycles. The van der Waals surface area contributed by atoms with Crippen LogP contribution < -0.4 is 0 Å². The molecule has 0 fully saturated rings. The fourth-order valence-corrected chi connectivity index (χ4v) is 8.70. The first-order chi connectivity index (χ1) is 29.3. The minimum Gasteiger partial charge on any atom is -0.466 e. The molecule has 0 heterocycles. The van der Waals surface area contributed by atoms with Gasteiger partial charge in [0.2, 0.25) is 0 Å². The highest BCUT2D eigenvalue weighted by atomic mass is 16.5. The fraction of sp³-hybridized carbons (Fsp3) is 0.912. The van der Waals surface area contributed by atoms with Gasteiger partial charge in [0, 0.05) is 6.42 Å². The van der Waals surface area contributed by atoms with Gasteiger partial charge in [-0.3, -0.25) is 4.79 Å². The van der Waals surface area contributed by atoms with Gasteiger partial charge in [-0.25, -0.2) is 0 Å². The molecule has 0 N–H and O–H groups in total. The predicted octanol–water partition coefficient (Wildman–Crippen LogP) is 20.8. The van der Waals surface area contributed by atoms with Gasteiger partial charge in [-0.15, -0.1) is 0 Å². The van der Waals surface area contributed by atoms with Crippen LogP contribution in [-0.2, 0) is 9.53 Å². The summed E-state index contributed by atoms with van der Waals surface area (Å²) < 4.78 is 5.48. The summed E-state index contributed by atoms with van der Waals surface area (Å²) in [7, 11) is 0. The maximum Gasteiger partial charge on any atom is 0.305 e. The van der Waals surface area contributed by atoms with Crippen LogP contribution in [0.2, 0.25) is 0 Å². The molecule has 0 aromatic rings. The molecule has 0 aromatic heterocycles. The Bertz CT molecular complexity index is 813. The Morgan fingerprint density at radius 1 is 0.288 bits per heavy atom. The summed E-state index contributed by atoms with van der Waals surface area (Å²) in [5, 5.41) is 0. The van der Waals surface area contributed by atoms with Gasteiger partial charge >= 0.3 is 5.97 Å². The lowest BCUT2D eigenvalue weighted by molar-refractivity contribution is -0.143. The molecule has 0 atom stereocenters. The number of carbonyl (C=O) groups excluding carboxylic acids is 1. The number of ether oxygens (including phenoxy) is 1. The standard InChI is InChI=1S/C57H110O2/c1-3-5-7-9-11-13-15-17-19-21-22-23-24-25-26-27-28-29-30-31-32-33-34-35-36-37-38-39-40-41-43-45-47-49-51-53-55-57(58)59-56-54-52-50-48-46-44-42-20-18-16-14-12-10-8-6-4-2/h12,14,18,20H,3-11,13,15-17,19,21-56H2,1-2H3/b14-12-,20-18-. The summed E-state index contributed by atoms with van der Waals surface area (Å²) in [5.41, 5.74) is 0. The third kappa shape index (κ3) is 54.9. The molecule has 0 unspecified atom stereocenters. The number of rotatable bonds is 52. The van der Waals surface area contributed by atoms with Gasteiger partial charge in [0.1, 0.15) is 0 Å². The second-order valence-electron chi connectivity index (χ2n) is 18.9. The van der Waals surface area contributed by atoms with Gasteiger partial charge in [-0.05, 0) is 44.9 Å². The van der Waals surface area contributed by atoms with Crippen molar-refractivity contribution in [1.82, 2.24) is 0 Å². The van der Waals surface area contributed by atoms with Crippen LogP contribution in [0.15, 0.2) is 24.3 Å². The van der Waals surface area contributed by atoms with Crippen LogP contribution in [0, 0.1) is 0 Å². The normalized spacial score (nSPS) is 11.8. The van der Waals surface area contributed by atoms with E-state index in [1.807, 2.05) is 0 Å². The number of esters is 1. The average molecular weight is 828 g/mol. The lowest BCUT2D eigenvalue weighted by atomic mass is 10.0. The Labute approximate surface area is 373 Å². The topological polar surface area (TPSA) is 26.3 Å². The quantitative estimate of drug-likeness (QED) is 0.0347. The molecule has 2 nitrogen and oxygen atoms in total. The highest BCUT2D eigenvalue weighted by Crippen LogP contribution is 2.18. The molecule has 0 aromatic carbocycles. The van der Waals surface area contributed by atoms with Gasteiger partial charge in [-0.1, -0.05) is 301 Å². The minimum atomic E-state index is 0.0220. The van der Waals surface area contributed by atoms with Crippen molar-refractivity contribution in [1.29, 1.82) is 0 Å². The Kier molecular flexibility index (Phi) is 54.0. The first-order valence-corrected chi connectivity index (χ1v) is 27.8. The van der Waals surface area contributed by atoms with E-state index in [1.54, 1.807) is 0 Å². The Morgan fingerprint density at radius 3 is 0.847 bits per heavy atom. The Balaban J connectivity index is 3.16. The van der Waals surface area contributed by atoms with Crippen molar-refractivity contribution in [3.8, 4) is 0 Å². The van der Waals surface area contributed by atoms with E-state index in [0.717, 1.165) is 19.3 Å². The minimum absolute atomic E-state index is 0.0220. The van der Waals surface area contributed by atoms with Crippen molar-refractivity contribution < 1.29 is 9.53 Å². The van der Waals surface area contributed by atoms with E-state index in [9.17, 15) is 4.79 Å². The summed E-state index contributed by atoms with van der Waals surface area (Å²) in [6.07, 6.45) is 76.4. The molecule has 0 spiro atoms. The van der Waals surface area contributed by atoms with Crippen molar-refractivity contribution >= 4 is 5.97 Å². The van der Waals surface area contributed by atoms with E-state index in [-0.39, 0.29) is 5.97 Å². The molecule has 0 aliphatic rings. The number of hydrogen-bond acceptors (Lipinski definition) is 2. The molecule has 0 saturated heterocycles. The summed E-state index contributed by atoms with van der Waals surface area (Å²) >= 11 is 0. The van der Waals surface area contributed by atoms with E-state index < -0.39 is 0 Å². The fourth-order valence-electron chi connectivity index (χ4n) is 8.70. The number of allylic oxidation sites excluding steroid dienone is 4. The Morgan fingerprint density at radius 2 is 0.525 bits per heavy atom. The lowest BCUT2D eigenvalue weighted by Gasteiger charge is -2.06. The summed E-state index contributed by atoms with van der Waals surface area (Å²) in [4.78, 5) is 12.1. The Hall–Kier alpha value is -1.05. The molecular formula is C57H110O2. The van der Waals surface area contributed by atoms with Crippen LogP contribution in [0.3, 0.4) is 0 Å². The van der Waals surface area contributed by atoms with Crippen LogP contribution in [0.5, 0.6) is 0 Å². The van der Waals surface area contributed by atoms with E-state index in [0.29, 0.717) is 13.0 Å². The molecule has 0 amide bonds. The van der Waals surface area contributed by atoms with E-state index in [1.165, 1.54) is 289 Å². The summed E-state index contributed by atoms with van der Waals surface area (Å²) in [5.74, 6) is 0.0220. The number of hydrogen-bond donors (Lipinski definition) is 0. The van der Waals surface area contributed by atoms with Crippen molar-refractivity contribution in [3.63, 3.8) is 0 Å². The van der Waals surface area contributed by atoms with E-state index in [2.05, 4.69) is 38.2 Å². The lowest BCUT2D eigenvalue weighted by Crippen LogP contribution is -2.05. The smallest absolute Gasteiger partial charge is 0.305 e. The first-order valence-electron chi connectivity index (χ1n) is 27.8. The van der Waals surface area contributed by atoms with Crippen LogP contribution in [-0.4, -0.2) is 12.6 Å². The largest absolute Gasteiger partial charge is 0.466 e.